The van der Waals surface area contributed by atoms with Gasteiger partial charge in [0.1, 0.15) is 0 Å². The summed E-state index contributed by atoms with van der Waals surface area (Å²) < 4.78 is 0. The Labute approximate surface area is 163 Å². The Hall–Kier alpha value is -1.91. The van der Waals surface area contributed by atoms with Gasteiger partial charge in [0, 0.05) is 11.4 Å². The molecule has 0 spiro atoms. The fourth-order valence-corrected chi connectivity index (χ4v) is 3.67. The highest BCUT2D eigenvalue weighted by molar-refractivity contribution is 7.80. The molecule has 1 aliphatic rings. The third-order valence-electron chi connectivity index (χ3n) is 5.31. The highest BCUT2D eigenvalue weighted by Crippen LogP contribution is 2.22. The van der Waals surface area contributed by atoms with E-state index in [4.69, 9.17) is 12.2 Å². The van der Waals surface area contributed by atoms with Crippen molar-refractivity contribution in [2.24, 2.45) is 0 Å². The van der Waals surface area contributed by atoms with Crippen LogP contribution in [0.4, 0.5) is 11.4 Å². The Kier molecular flexibility index (Phi) is 5.94. The molecule has 0 unspecified atom stereocenters. The molecule has 0 saturated carbocycles. The van der Waals surface area contributed by atoms with Crippen LogP contribution in [0.5, 0.6) is 0 Å². The van der Waals surface area contributed by atoms with E-state index in [1.165, 1.54) is 27.4 Å². The summed E-state index contributed by atoms with van der Waals surface area (Å²) in [6, 6.07) is 18.2. The molecule has 2 aromatic rings. The minimum atomic E-state index is 0.535. The number of rotatable bonds is 5. The van der Waals surface area contributed by atoms with Crippen molar-refractivity contribution >= 4 is 28.7 Å². The van der Waals surface area contributed by atoms with E-state index in [1.54, 1.807) is 0 Å². The van der Waals surface area contributed by atoms with E-state index < -0.39 is 0 Å². The van der Waals surface area contributed by atoms with Crippen LogP contribution < -0.4 is 14.7 Å². The molecule has 3 nitrogen and oxygen atoms in total. The number of benzene rings is 2. The number of aryl methyl sites for hydroxylation is 2. The van der Waals surface area contributed by atoms with Gasteiger partial charge in [0.25, 0.3) is 0 Å². The molecular formula is C22H30N3S+. The van der Waals surface area contributed by atoms with Gasteiger partial charge in [-0.25, -0.2) is 0 Å². The van der Waals surface area contributed by atoms with Gasteiger partial charge >= 0.3 is 0 Å². The molecule has 138 valence electrons. The molecule has 1 fully saturated rings. The average Bonchev–Trinajstić information content (AvgIpc) is 2.68. The Bertz CT molecular complexity index is 677. The van der Waals surface area contributed by atoms with Gasteiger partial charge in [0.05, 0.1) is 6.04 Å². The maximum atomic E-state index is 5.91. The standard InChI is InChI=1S/C22H29N3S/c1-5-18-7-11-20(12-8-18)24-15-23(17(3)4)16-25(22(24)26)21-13-9-19(6-2)10-14-21/h7-14,17H,5-6,15-16H2,1-4H3/p+1. The SMILES string of the molecule is CCc1ccc(N2C[NH+](C(C)C)CN(c3ccc(CC)cc3)C2=S)cc1. The lowest BCUT2D eigenvalue weighted by Crippen LogP contribution is -3.20. The number of quaternary nitrogens is 1. The first-order chi connectivity index (χ1) is 12.5. The van der Waals surface area contributed by atoms with Gasteiger partial charge in [-0.3, -0.25) is 14.7 Å². The molecule has 0 bridgehead atoms. The van der Waals surface area contributed by atoms with E-state index in [0.717, 1.165) is 31.3 Å². The second-order valence-electron chi connectivity index (χ2n) is 7.31. The summed E-state index contributed by atoms with van der Waals surface area (Å²) in [5.74, 6) is 0. The zero-order valence-electron chi connectivity index (χ0n) is 16.3. The summed E-state index contributed by atoms with van der Waals surface area (Å²) in [6.07, 6.45) is 2.12. The van der Waals surface area contributed by atoms with Gasteiger partial charge < -0.3 is 0 Å². The predicted octanol–water partition coefficient (Wildman–Crippen LogP) is 3.63. The lowest BCUT2D eigenvalue weighted by Gasteiger charge is -2.43. The molecule has 0 aromatic heterocycles. The van der Waals surface area contributed by atoms with Crippen LogP contribution in [0.2, 0.25) is 0 Å². The van der Waals surface area contributed by atoms with Crippen molar-refractivity contribution in [1.82, 2.24) is 0 Å². The molecule has 0 amide bonds. The average molecular weight is 369 g/mol. The minimum Gasteiger partial charge on any atom is -0.298 e. The molecule has 4 heteroatoms. The first-order valence-corrected chi connectivity index (χ1v) is 10.1. The normalized spacial score (nSPS) is 15.8. The molecule has 0 aliphatic carbocycles. The van der Waals surface area contributed by atoms with Crippen LogP contribution in [0, 0.1) is 0 Å². The summed E-state index contributed by atoms with van der Waals surface area (Å²) >= 11 is 5.91. The second kappa shape index (κ2) is 8.19. The van der Waals surface area contributed by atoms with Crippen molar-refractivity contribution in [3.8, 4) is 0 Å². The molecule has 2 aromatic carbocycles. The molecule has 1 N–H and O–H groups in total. The summed E-state index contributed by atoms with van der Waals surface area (Å²) in [6.45, 7) is 10.7. The van der Waals surface area contributed by atoms with Crippen LogP contribution in [0.15, 0.2) is 48.5 Å². The Morgan fingerprint density at radius 1 is 0.808 bits per heavy atom. The smallest absolute Gasteiger partial charge is 0.189 e. The summed E-state index contributed by atoms with van der Waals surface area (Å²) in [7, 11) is 0. The molecule has 3 rings (SSSR count). The van der Waals surface area contributed by atoms with Gasteiger partial charge in [-0.15, -0.1) is 0 Å². The van der Waals surface area contributed by atoms with E-state index in [0.29, 0.717) is 6.04 Å². The van der Waals surface area contributed by atoms with Crippen molar-refractivity contribution in [2.45, 2.75) is 46.6 Å². The fourth-order valence-electron chi connectivity index (χ4n) is 3.33. The van der Waals surface area contributed by atoms with Crippen LogP contribution in [0.1, 0.15) is 38.8 Å². The number of anilines is 2. The molecule has 1 saturated heterocycles. The number of hydrogen-bond acceptors (Lipinski definition) is 1. The molecule has 0 radical (unpaired) electrons. The van der Waals surface area contributed by atoms with Crippen molar-refractivity contribution in [1.29, 1.82) is 0 Å². The van der Waals surface area contributed by atoms with Crippen molar-refractivity contribution in [2.75, 3.05) is 23.1 Å². The van der Waals surface area contributed by atoms with Crippen LogP contribution in [-0.4, -0.2) is 24.5 Å². The zero-order valence-corrected chi connectivity index (χ0v) is 17.1. The first kappa shape index (κ1) is 18.9. The lowest BCUT2D eigenvalue weighted by atomic mass is 10.1. The summed E-state index contributed by atoms with van der Waals surface area (Å²) in [5.41, 5.74) is 5.08. The van der Waals surface area contributed by atoms with Gasteiger partial charge in [-0.2, -0.15) is 0 Å². The van der Waals surface area contributed by atoms with E-state index in [1.807, 2.05) is 0 Å². The van der Waals surface area contributed by atoms with Gasteiger partial charge in [-0.1, -0.05) is 38.1 Å². The Morgan fingerprint density at radius 3 is 1.50 bits per heavy atom. The monoisotopic (exact) mass is 368 g/mol. The Balaban J connectivity index is 1.92. The quantitative estimate of drug-likeness (QED) is 0.809. The third kappa shape index (κ3) is 3.92. The van der Waals surface area contributed by atoms with Crippen molar-refractivity contribution < 1.29 is 4.90 Å². The molecular weight excluding hydrogens is 338 g/mol. The van der Waals surface area contributed by atoms with Gasteiger partial charge in [-0.05, 0) is 74.3 Å². The van der Waals surface area contributed by atoms with E-state index in [-0.39, 0.29) is 0 Å². The zero-order chi connectivity index (χ0) is 18.7. The van der Waals surface area contributed by atoms with Gasteiger partial charge in [0.15, 0.2) is 18.4 Å². The predicted molar refractivity (Wildman–Crippen MR) is 115 cm³/mol. The number of hydrogen-bond donors (Lipinski definition) is 1. The molecule has 26 heavy (non-hydrogen) atoms. The molecule has 1 aliphatic heterocycles. The van der Waals surface area contributed by atoms with Crippen LogP contribution in [0.25, 0.3) is 0 Å². The molecule has 0 atom stereocenters. The number of nitrogens with one attached hydrogen (secondary N) is 1. The Morgan fingerprint density at radius 2 is 1.19 bits per heavy atom. The largest absolute Gasteiger partial charge is 0.298 e. The van der Waals surface area contributed by atoms with E-state index in [9.17, 15) is 0 Å². The van der Waals surface area contributed by atoms with Gasteiger partial charge in [0.2, 0.25) is 0 Å². The summed E-state index contributed by atoms with van der Waals surface area (Å²) in [4.78, 5) is 6.07. The van der Waals surface area contributed by atoms with E-state index in [2.05, 4.69) is 86.0 Å². The van der Waals surface area contributed by atoms with E-state index >= 15 is 0 Å². The lowest BCUT2D eigenvalue weighted by molar-refractivity contribution is -0.920. The highest BCUT2D eigenvalue weighted by atomic mass is 32.1. The first-order valence-electron chi connectivity index (χ1n) is 9.65. The third-order valence-corrected chi connectivity index (χ3v) is 5.75. The molecule has 1 heterocycles. The number of thiocarbonyl (C=S) groups is 1. The minimum absolute atomic E-state index is 0.535. The van der Waals surface area contributed by atoms with Crippen molar-refractivity contribution in [3.63, 3.8) is 0 Å². The second-order valence-corrected chi connectivity index (χ2v) is 7.67. The van der Waals surface area contributed by atoms with Crippen LogP contribution in [0.3, 0.4) is 0 Å². The highest BCUT2D eigenvalue weighted by Gasteiger charge is 2.33. The number of nitrogens with zero attached hydrogens (tertiary/aromatic N) is 2. The maximum Gasteiger partial charge on any atom is 0.189 e. The van der Waals surface area contributed by atoms with Crippen LogP contribution >= 0.6 is 12.2 Å². The maximum absolute atomic E-state index is 5.91. The fraction of sp³-hybridized carbons (Fsp3) is 0.409. The topological polar surface area (TPSA) is 10.9 Å². The van der Waals surface area contributed by atoms with Crippen molar-refractivity contribution in [3.05, 3.63) is 59.7 Å². The summed E-state index contributed by atoms with van der Waals surface area (Å²) in [5, 5.41) is 0.892. The van der Waals surface area contributed by atoms with Crippen LogP contribution in [-0.2, 0) is 12.8 Å².